The number of aromatic amines is 1. The van der Waals surface area contributed by atoms with Crippen LogP contribution in [0.15, 0.2) is 17.5 Å². The van der Waals surface area contributed by atoms with Gasteiger partial charge in [0.2, 0.25) is 0 Å². The Kier molecular flexibility index (Phi) is 2.01. The molecule has 1 rings (SSSR count). The number of H-pyrrole nitrogens is 1. The van der Waals surface area contributed by atoms with Gasteiger partial charge in [0.1, 0.15) is 0 Å². The molecule has 0 fully saturated rings. The van der Waals surface area contributed by atoms with Crippen molar-refractivity contribution in [2.75, 3.05) is 0 Å². The highest BCUT2D eigenvalue weighted by atomic mass is 14.9. The van der Waals surface area contributed by atoms with Gasteiger partial charge in [0.05, 0.1) is 18.6 Å². The number of imidazole rings is 1. The van der Waals surface area contributed by atoms with Gasteiger partial charge < -0.3 is 4.98 Å². The summed E-state index contributed by atoms with van der Waals surface area (Å²) in [5.74, 6) is 0. The van der Waals surface area contributed by atoms with Crippen molar-refractivity contribution in [3.05, 3.63) is 18.2 Å². The number of nitrogens with one attached hydrogen (secondary N) is 1. The highest BCUT2D eigenvalue weighted by Crippen LogP contribution is 1.91. The van der Waals surface area contributed by atoms with Crippen LogP contribution in [-0.4, -0.2) is 16.2 Å². The summed E-state index contributed by atoms with van der Waals surface area (Å²) >= 11 is 0. The third kappa shape index (κ3) is 1.68. The maximum Gasteiger partial charge on any atom is 0.0922 e. The molecule has 3 nitrogen and oxygen atoms in total. The number of aliphatic imine (C=N–C) groups is 1. The second-order valence-electron chi connectivity index (χ2n) is 1.68. The van der Waals surface area contributed by atoms with Crippen molar-refractivity contribution in [3.8, 4) is 0 Å². The lowest BCUT2D eigenvalue weighted by molar-refractivity contribution is 1.02. The van der Waals surface area contributed by atoms with Crippen molar-refractivity contribution in [3.63, 3.8) is 0 Å². The van der Waals surface area contributed by atoms with Gasteiger partial charge in [0, 0.05) is 6.20 Å². The van der Waals surface area contributed by atoms with Crippen LogP contribution >= 0.6 is 0 Å². The van der Waals surface area contributed by atoms with Crippen LogP contribution in [0.5, 0.6) is 0 Å². The smallest absolute Gasteiger partial charge is 0.0922 e. The van der Waals surface area contributed by atoms with Crippen LogP contribution < -0.4 is 0 Å². The first-order valence-electron chi connectivity index (χ1n) is 2.85. The molecule has 1 aromatic rings. The monoisotopic (exact) mass is 123 g/mol. The molecule has 0 spiro atoms. The number of rotatable bonds is 2. The van der Waals surface area contributed by atoms with Crippen LogP contribution in [0.2, 0.25) is 0 Å². The summed E-state index contributed by atoms with van der Waals surface area (Å²) in [4.78, 5) is 10.8. The summed E-state index contributed by atoms with van der Waals surface area (Å²) in [7, 11) is 0. The van der Waals surface area contributed by atoms with E-state index in [9.17, 15) is 0 Å². The van der Waals surface area contributed by atoms with Gasteiger partial charge in [-0.3, -0.25) is 4.99 Å². The fourth-order valence-corrected chi connectivity index (χ4v) is 0.561. The van der Waals surface area contributed by atoms with Gasteiger partial charge >= 0.3 is 0 Å². The van der Waals surface area contributed by atoms with E-state index in [0.29, 0.717) is 6.54 Å². The number of hydrogen-bond acceptors (Lipinski definition) is 2. The van der Waals surface area contributed by atoms with Gasteiger partial charge in [-0.2, -0.15) is 0 Å². The lowest BCUT2D eigenvalue weighted by atomic mass is 10.5. The lowest BCUT2D eigenvalue weighted by Gasteiger charge is -1.84. The maximum atomic E-state index is 4.02. The molecule has 0 aliphatic carbocycles. The lowest BCUT2D eigenvalue weighted by Crippen LogP contribution is -1.78. The summed E-state index contributed by atoms with van der Waals surface area (Å²) in [6.45, 7) is 2.60. The van der Waals surface area contributed by atoms with Gasteiger partial charge in [0.25, 0.3) is 0 Å². The zero-order chi connectivity index (χ0) is 6.53. The molecular weight excluding hydrogens is 114 g/mol. The molecule has 0 saturated heterocycles. The molecule has 1 heterocycles. The second kappa shape index (κ2) is 3.02. The minimum Gasteiger partial charge on any atom is -0.347 e. The molecule has 1 aromatic heterocycles. The topological polar surface area (TPSA) is 41.0 Å². The molecule has 0 aliphatic heterocycles. The molecule has 0 unspecified atom stereocenters. The van der Waals surface area contributed by atoms with Crippen molar-refractivity contribution in [1.82, 2.24) is 9.97 Å². The van der Waals surface area contributed by atoms with E-state index < -0.39 is 0 Å². The molecule has 0 aliphatic rings. The summed E-state index contributed by atoms with van der Waals surface area (Å²) in [5.41, 5.74) is 1.05. The van der Waals surface area contributed by atoms with E-state index >= 15 is 0 Å². The predicted octanol–water partition coefficient (Wildman–Crippen LogP) is 1.00. The summed E-state index contributed by atoms with van der Waals surface area (Å²) in [6.07, 6.45) is 5.20. The third-order valence-electron chi connectivity index (χ3n) is 0.999. The molecule has 0 amide bonds. The van der Waals surface area contributed by atoms with Gasteiger partial charge in [-0.05, 0) is 13.1 Å². The standard InChI is InChI=1S/C6H9N3/c1-2-7-3-6-4-8-5-9-6/h2,4-5H,3H2,1H3,(H,8,9). The van der Waals surface area contributed by atoms with Crippen LogP contribution in [0.4, 0.5) is 0 Å². The Bertz CT molecular complexity index is 176. The largest absolute Gasteiger partial charge is 0.347 e. The van der Waals surface area contributed by atoms with E-state index in [0.717, 1.165) is 5.69 Å². The fourth-order valence-electron chi connectivity index (χ4n) is 0.561. The van der Waals surface area contributed by atoms with Crippen LogP contribution in [0.3, 0.4) is 0 Å². The Hall–Kier alpha value is -1.12. The average molecular weight is 123 g/mol. The predicted molar refractivity (Wildman–Crippen MR) is 36.5 cm³/mol. The molecule has 0 bridgehead atoms. The van der Waals surface area contributed by atoms with Crippen molar-refractivity contribution in [2.24, 2.45) is 4.99 Å². The van der Waals surface area contributed by atoms with Crippen molar-refractivity contribution >= 4 is 6.21 Å². The van der Waals surface area contributed by atoms with Crippen LogP contribution in [0, 0.1) is 0 Å². The van der Waals surface area contributed by atoms with E-state index in [4.69, 9.17) is 0 Å². The van der Waals surface area contributed by atoms with Gasteiger partial charge in [0.15, 0.2) is 0 Å². The quantitative estimate of drug-likeness (QED) is 0.585. The number of aromatic nitrogens is 2. The molecule has 3 heteroatoms. The Labute approximate surface area is 53.9 Å². The van der Waals surface area contributed by atoms with E-state index in [-0.39, 0.29) is 0 Å². The minimum absolute atomic E-state index is 0.705. The molecular formula is C6H9N3. The number of hydrogen-bond donors (Lipinski definition) is 1. The van der Waals surface area contributed by atoms with Gasteiger partial charge in [-0.15, -0.1) is 0 Å². The minimum atomic E-state index is 0.705. The van der Waals surface area contributed by atoms with Crippen molar-refractivity contribution in [1.29, 1.82) is 0 Å². The normalized spacial score (nSPS) is 10.8. The molecule has 9 heavy (non-hydrogen) atoms. The summed E-state index contributed by atoms with van der Waals surface area (Å²) in [6, 6.07) is 0. The summed E-state index contributed by atoms with van der Waals surface area (Å²) < 4.78 is 0. The molecule has 48 valence electrons. The summed E-state index contributed by atoms with van der Waals surface area (Å²) in [5, 5.41) is 0. The first-order valence-corrected chi connectivity index (χ1v) is 2.85. The van der Waals surface area contributed by atoms with E-state index in [1.54, 1.807) is 18.7 Å². The van der Waals surface area contributed by atoms with Crippen LogP contribution in [0.25, 0.3) is 0 Å². The molecule has 1 N–H and O–H groups in total. The average Bonchev–Trinajstić information content (AvgIpc) is 2.34. The van der Waals surface area contributed by atoms with Gasteiger partial charge in [-0.25, -0.2) is 4.98 Å². The zero-order valence-corrected chi connectivity index (χ0v) is 5.33. The van der Waals surface area contributed by atoms with Gasteiger partial charge in [-0.1, -0.05) is 0 Å². The third-order valence-corrected chi connectivity index (χ3v) is 0.999. The Balaban J connectivity index is 2.48. The SMILES string of the molecule is CC=NCc1cnc[nH]1. The fraction of sp³-hybridized carbons (Fsp3) is 0.333. The van der Waals surface area contributed by atoms with E-state index in [1.165, 1.54) is 0 Å². The highest BCUT2D eigenvalue weighted by Gasteiger charge is 1.86. The van der Waals surface area contributed by atoms with E-state index in [1.807, 2.05) is 6.92 Å². The van der Waals surface area contributed by atoms with Crippen LogP contribution in [-0.2, 0) is 6.54 Å². The first-order chi connectivity index (χ1) is 4.43. The van der Waals surface area contributed by atoms with Crippen LogP contribution in [0.1, 0.15) is 12.6 Å². The Morgan fingerprint density at radius 3 is 3.33 bits per heavy atom. The molecule has 0 atom stereocenters. The van der Waals surface area contributed by atoms with Crippen molar-refractivity contribution in [2.45, 2.75) is 13.5 Å². The zero-order valence-electron chi connectivity index (χ0n) is 5.33. The Morgan fingerprint density at radius 1 is 1.89 bits per heavy atom. The molecule has 0 aromatic carbocycles. The van der Waals surface area contributed by atoms with Crippen molar-refractivity contribution < 1.29 is 0 Å². The first kappa shape index (κ1) is 6.01. The molecule has 0 saturated carbocycles. The second-order valence-corrected chi connectivity index (χ2v) is 1.68. The Morgan fingerprint density at radius 2 is 2.78 bits per heavy atom. The number of nitrogens with zero attached hydrogens (tertiary/aromatic N) is 2. The van der Waals surface area contributed by atoms with E-state index in [2.05, 4.69) is 15.0 Å². The highest BCUT2D eigenvalue weighted by molar-refractivity contribution is 5.53. The maximum absolute atomic E-state index is 4.02. The molecule has 0 radical (unpaired) electrons.